The number of nitrogens with two attached hydrogens (primary N) is 1. The van der Waals surface area contributed by atoms with E-state index in [4.69, 9.17) is 10.5 Å². The maximum Gasteiger partial charge on any atom is 0.251 e. The number of rotatable bonds is 5. The Hall–Kier alpha value is -2.20. The first-order valence-electron chi connectivity index (χ1n) is 8.93. The van der Waals surface area contributed by atoms with E-state index < -0.39 is 5.91 Å². The molecule has 0 saturated carbocycles. The van der Waals surface area contributed by atoms with Crippen molar-refractivity contribution in [3.63, 3.8) is 0 Å². The summed E-state index contributed by atoms with van der Waals surface area (Å²) in [6.07, 6.45) is 2.76. The molecule has 0 aromatic heterocycles. The predicted molar refractivity (Wildman–Crippen MR) is 109 cm³/mol. The van der Waals surface area contributed by atoms with Crippen LogP contribution < -0.4 is 15.8 Å². The van der Waals surface area contributed by atoms with Gasteiger partial charge in [0.25, 0.3) is 5.91 Å². The molecule has 0 spiro atoms. The van der Waals surface area contributed by atoms with Crippen molar-refractivity contribution in [1.29, 1.82) is 0 Å². The molecule has 140 valence electrons. The minimum Gasteiger partial charge on any atom is -0.457 e. The fraction of sp³-hybridized carbons (Fsp3) is 0.381. The molecule has 5 heteroatoms. The van der Waals surface area contributed by atoms with Crippen molar-refractivity contribution in [2.45, 2.75) is 40.0 Å². The third kappa shape index (κ3) is 4.13. The molecule has 0 aliphatic carbocycles. The average molecular weight is 375 g/mol. The first-order chi connectivity index (χ1) is 12.0. The van der Waals surface area contributed by atoms with E-state index in [0.717, 1.165) is 54.1 Å². The molecular weight excluding hydrogens is 348 g/mol. The van der Waals surface area contributed by atoms with Gasteiger partial charge in [0.15, 0.2) is 0 Å². The fourth-order valence-electron chi connectivity index (χ4n) is 3.37. The Kier molecular flexibility index (Phi) is 6.54. The third-order valence-corrected chi connectivity index (χ3v) is 4.79. The lowest BCUT2D eigenvalue weighted by Crippen LogP contribution is -2.18. The monoisotopic (exact) mass is 374 g/mol. The second kappa shape index (κ2) is 8.45. The largest absolute Gasteiger partial charge is 0.457 e. The topological polar surface area (TPSA) is 64.3 Å². The first kappa shape index (κ1) is 20.1. The Bertz CT molecular complexity index is 803. The molecule has 1 aliphatic heterocycles. The van der Waals surface area contributed by atoms with Crippen LogP contribution in [0.25, 0.3) is 0 Å². The van der Waals surface area contributed by atoms with E-state index in [-0.39, 0.29) is 12.4 Å². The standard InChI is InChI=1S/C21H26N2O2.ClH/c1-13(2)10-11-23-17-12-19-16(14(3)20(17)21(22)24)9-8-15-6-4-5-7-18(15)25-19;/h4-7,12-13,23H,8-11H2,1-3H3,(H2,22,24);1H. The molecule has 0 radical (unpaired) electrons. The molecule has 3 N–H and O–H groups in total. The summed E-state index contributed by atoms with van der Waals surface area (Å²) in [6.45, 7) is 7.12. The zero-order chi connectivity index (χ0) is 18.0. The highest BCUT2D eigenvalue weighted by molar-refractivity contribution is 6.01. The van der Waals surface area contributed by atoms with E-state index in [9.17, 15) is 4.79 Å². The normalized spacial score (nSPS) is 12.3. The zero-order valence-electron chi connectivity index (χ0n) is 15.6. The average Bonchev–Trinajstić information content (AvgIpc) is 2.73. The second-order valence-corrected chi connectivity index (χ2v) is 7.08. The van der Waals surface area contributed by atoms with Gasteiger partial charge < -0.3 is 15.8 Å². The van der Waals surface area contributed by atoms with Gasteiger partial charge in [0, 0.05) is 12.6 Å². The highest BCUT2D eigenvalue weighted by atomic mass is 35.5. The number of halogens is 1. The molecule has 0 fully saturated rings. The van der Waals surface area contributed by atoms with Gasteiger partial charge in [-0.25, -0.2) is 0 Å². The number of hydrogen-bond donors (Lipinski definition) is 2. The summed E-state index contributed by atoms with van der Waals surface area (Å²) in [5, 5.41) is 3.38. The number of carbonyl (C=O) groups is 1. The maximum absolute atomic E-state index is 12.1. The second-order valence-electron chi connectivity index (χ2n) is 7.08. The van der Waals surface area contributed by atoms with E-state index in [1.165, 1.54) is 5.56 Å². The number of fused-ring (bicyclic) bond motifs is 2. The third-order valence-electron chi connectivity index (χ3n) is 4.79. The molecule has 0 atom stereocenters. The number of aryl methyl sites for hydroxylation is 1. The summed E-state index contributed by atoms with van der Waals surface area (Å²) in [7, 11) is 0. The van der Waals surface area contributed by atoms with Gasteiger partial charge in [0.05, 0.1) is 11.3 Å². The maximum atomic E-state index is 12.1. The predicted octanol–water partition coefficient (Wildman–Crippen LogP) is 4.86. The molecule has 1 heterocycles. The molecule has 1 amide bonds. The van der Waals surface area contributed by atoms with Gasteiger partial charge in [0.1, 0.15) is 11.5 Å². The molecule has 0 saturated heterocycles. The molecule has 0 bridgehead atoms. The van der Waals surface area contributed by atoms with Crippen LogP contribution in [0.1, 0.15) is 47.3 Å². The first-order valence-corrected chi connectivity index (χ1v) is 8.93. The Morgan fingerprint density at radius 3 is 2.65 bits per heavy atom. The number of hydrogen-bond acceptors (Lipinski definition) is 3. The van der Waals surface area contributed by atoms with Crippen molar-refractivity contribution in [3.8, 4) is 11.5 Å². The van der Waals surface area contributed by atoms with Gasteiger partial charge in [-0.3, -0.25) is 4.79 Å². The Labute approximate surface area is 161 Å². The molecular formula is C21H27ClN2O2. The number of primary amides is 1. The fourth-order valence-corrected chi connectivity index (χ4v) is 3.37. The lowest BCUT2D eigenvalue weighted by atomic mass is 9.94. The summed E-state index contributed by atoms with van der Waals surface area (Å²) >= 11 is 0. The molecule has 26 heavy (non-hydrogen) atoms. The molecule has 4 nitrogen and oxygen atoms in total. The number of amides is 1. The lowest BCUT2D eigenvalue weighted by Gasteiger charge is -2.19. The van der Waals surface area contributed by atoms with Crippen molar-refractivity contribution >= 4 is 24.0 Å². The van der Waals surface area contributed by atoms with E-state index in [2.05, 4.69) is 25.2 Å². The van der Waals surface area contributed by atoms with Crippen LogP contribution in [-0.2, 0) is 12.8 Å². The minimum absolute atomic E-state index is 0. The summed E-state index contributed by atoms with van der Waals surface area (Å²) in [5.74, 6) is 1.91. The van der Waals surface area contributed by atoms with Crippen molar-refractivity contribution < 1.29 is 9.53 Å². The van der Waals surface area contributed by atoms with Crippen molar-refractivity contribution in [3.05, 3.63) is 52.6 Å². The summed E-state index contributed by atoms with van der Waals surface area (Å²) in [6, 6.07) is 10.0. The summed E-state index contributed by atoms with van der Waals surface area (Å²) in [5.41, 5.74) is 10.2. The highest BCUT2D eigenvalue weighted by Gasteiger charge is 2.22. The van der Waals surface area contributed by atoms with Gasteiger partial charge in [-0.2, -0.15) is 0 Å². The van der Waals surface area contributed by atoms with Crippen LogP contribution in [0.5, 0.6) is 11.5 Å². The molecule has 2 aromatic rings. The molecule has 1 aliphatic rings. The van der Waals surface area contributed by atoms with Crippen LogP contribution in [0, 0.1) is 12.8 Å². The molecule has 0 unspecified atom stereocenters. The van der Waals surface area contributed by atoms with Crippen LogP contribution in [0.4, 0.5) is 5.69 Å². The highest BCUT2D eigenvalue weighted by Crippen LogP contribution is 2.39. The van der Waals surface area contributed by atoms with Gasteiger partial charge in [-0.1, -0.05) is 32.0 Å². The van der Waals surface area contributed by atoms with Gasteiger partial charge >= 0.3 is 0 Å². The number of ether oxygens (including phenoxy) is 1. The summed E-state index contributed by atoms with van der Waals surface area (Å²) < 4.78 is 6.19. The SMILES string of the molecule is Cc1c2c(cc(NCCC(C)C)c1C(N)=O)Oc1ccccc1CC2.Cl. The van der Waals surface area contributed by atoms with Crippen LogP contribution in [0.2, 0.25) is 0 Å². The molecule has 3 rings (SSSR count). The van der Waals surface area contributed by atoms with Crippen molar-refractivity contribution in [2.75, 3.05) is 11.9 Å². The zero-order valence-corrected chi connectivity index (χ0v) is 16.4. The van der Waals surface area contributed by atoms with E-state index >= 15 is 0 Å². The minimum atomic E-state index is -0.394. The number of carbonyl (C=O) groups excluding carboxylic acids is 1. The van der Waals surface area contributed by atoms with Crippen LogP contribution >= 0.6 is 12.4 Å². The number of nitrogens with one attached hydrogen (secondary N) is 1. The van der Waals surface area contributed by atoms with Crippen LogP contribution in [0.15, 0.2) is 30.3 Å². The number of benzene rings is 2. The Morgan fingerprint density at radius 1 is 1.23 bits per heavy atom. The lowest BCUT2D eigenvalue weighted by molar-refractivity contribution is 0.100. The van der Waals surface area contributed by atoms with E-state index in [0.29, 0.717) is 11.5 Å². The Morgan fingerprint density at radius 2 is 1.96 bits per heavy atom. The molecule has 2 aromatic carbocycles. The van der Waals surface area contributed by atoms with Gasteiger partial charge in [-0.15, -0.1) is 12.4 Å². The smallest absolute Gasteiger partial charge is 0.251 e. The van der Waals surface area contributed by atoms with Crippen LogP contribution in [0.3, 0.4) is 0 Å². The number of anilines is 1. The van der Waals surface area contributed by atoms with E-state index in [1.807, 2.05) is 31.2 Å². The Balaban J connectivity index is 0.00000243. The van der Waals surface area contributed by atoms with Crippen molar-refractivity contribution in [1.82, 2.24) is 0 Å². The van der Waals surface area contributed by atoms with Crippen molar-refractivity contribution in [2.24, 2.45) is 11.7 Å². The van der Waals surface area contributed by atoms with Gasteiger partial charge in [0.2, 0.25) is 0 Å². The summed E-state index contributed by atoms with van der Waals surface area (Å²) in [4.78, 5) is 12.1. The number of para-hydroxylation sites is 1. The van der Waals surface area contributed by atoms with Crippen LogP contribution in [-0.4, -0.2) is 12.5 Å². The quantitative estimate of drug-likeness (QED) is 0.785. The van der Waals surface area contributed by atoms with E-state index in [1.54, 1.807) is 0 Å². The van der Waals surface area contributed by atoms with Gasteiger partial charge in [-0.05, 0) is 54.9 Å².